The highest BCUT2D eigenvalue weighted by Gasteiger charge is 2.29. The van der Waals surface area contributed by atoms with Crippen LogP contribution >= 0.6 is 0 Å². The highest BCUT2D eigenvalue weighted by molar-refractivity contribution is 6.13. The summed E-state index contributed by atoms with van der Waals surface area (Å²) in [5.41, 5.74) is -0.736. The Morgan fingerprint density at radius 2 is 1.83 bits per heavy atom. The molecule has 98 valence electrons. The minimum absolute atomic E-state index is 0.110. The van der Waals surface area contributed by atoms with E-state index in [1.54, 1.807) is 13.8 Å². The molecular weight excluding hydrogens is 245 g/mol. The van der Waals surface area contributed by atoms with Gasteiger partial charge in [0.1, 0.15) is 0 Å². The largest absolute Gasteiger partial charge is 0.296 e. The van der Waals surface area contributed by atoms with E-state index in [-0.39, 0.29) is 12.3 Å². The number of halogens is 3. The number of carbonyl (C=O) groups is 2. The van der Waals surface area contributed by atoms with E-state index in [0.29, 0.717) is 0 Å². The molecule has 0 aliphatic rings. The van der Waals surface area contributed by atoms with Crippen LogP contribution in [0.15, 0.2) is 18.2 Å². The summed E-state index contributed by atoms with van der Waals surface area (Å²) >= 11 is 0. The Balaban J connectivity index is 2.93. The second kappa shape index (κ2) is 5.80. The first-order valence-electron chi connectivity index (χ1n) is 5.49. The van der Waals surface area contributed by atoms with Gasteiger partial charge in [-0.1, -0.05) is 19.9 Å². The molecule has 2 nitrogen and oxygen atoms in total. The molecule has 0 heterocycles. The molecule has 0 spiro atoms. The third-order valence-electron chi connectivity index (χ3n) is 2.34. The number of hydrogen-bond acceptors (Lipinski definition) is 2. The number of carbonyl (C=O) groups excluding carboxylic acids is 2. The minimum atomic E-state index is -2.44. The van der Waals surface area contributed by atoms with E-state index in [0.717, 1.165) is 18.2 Å². The summed E-state index contributed by atoms with van der Waals surface area (Å²) in [7, 11) is 0. The lowest BCUT2D eigenvalue weighted by Crippen LogP contribution is -2.27. The van der Waals surface area contributed by atoms with Crippen molar-refractivity contribution in [3.8, 4) is 0 Å². The zero-order valence-electron chi connectivity index (χ0n) is 10.0. The van der Waals surface area contributed by atoms with Crippen molar-refractivity contribution in [1.82, 2.24) is 0 Å². The third-order valence-corrected chi connectivity index (χ3v) is 2.34. The average Bonchev–Trinajstić information content (AvgIpc) is 2.30. The predicted molar refractivity (Wildman–Crippen MR) is 60.0 cm³/mol. The minimum Gasteiger partial charge on any atom is -0.296 e. The molecule has 0 aliphatic carbocycles. The van der Waals surface area contributed by atoms with Gasteiger partial charge >= 0.3 is 0 Å². The smallest absolute Gasteiger partial charge is 0.220 e. The van der Waals surface area contributed by atoms with E-state index in [9.17, 15) is 22.8 Å². The van der Waals surface area contributed by atoms with E-state index < -0.39 is 34.9 Å². The summed E-state index contributed by atoms with van der Waals surface area (Å²) < 4.78 is 39.7. The van der Waals surface area contributed by atoms with Gasteiger partial charge < -0.3 is 0 Å². The predicted octanol–water partition coefficient (Wildman–Crippen LogP) is 3.10. The fourth-order valence-corrected chi connectivity index (χ4v) is 1.48. The number of hydrogen-bond donors (Lipinski definition) is 0. The number of benzene rings is 1. The van der Waals surface area contributed by atoms with Crippen LogP contribution in [0.5, 0.6) is 0 Å². The molecule has 0 aliphatic heterocycles. The van der Waals surface area contributed by atoms with Gasteiger partial charge in [-0.15, -0.1) is 0 Å². The maximum absolute atomic E-state index is 13.6. The number of rotatable bonds is 5. The molecule has 0 amide bonds. The Morgan fingerprint density at radius 3 is 2.39 bits per heavy atom. The fraction of sp³-hybridized carbons (Fsp3) is 0.385. The van der Waals surface area contributed by atoms with Crippen molar-refractivity contribution in [3.63, 3.8) is 0 Å². The molecule has 0 saturated heterocycles. The highest BCUT2D eigenvalue weighted by atomic mass is 19.2. The lowest BCUT2D eigenvalue weighted by Gasteiger charge is -2.09. The fourth-order valence-electron chi connectivity index (χ4n) is 1.48. The van der Waals surface area contributed by atoms with Crippen LogP contribution in [0.1, 0.15) is 30.6 Å². The van der Waals surface area contributed by atoms with E-state index in [1.807, 2.05) is 0 Å². The van der Waals surface area contributed by atoms with Crippen LogP contribution in [0.4, 0.5) is 13.2 Å². The van der Waals surface area contributed by atoms with Crippen molar-refractivity contribution in [3.05, 3.63) is 35.4 Å². The summed E-state index contributed by atoms with van der Waals surface area (Å²) in [4.78, 5) is 22.9. The van der Waals surface area contributed by atoms with Crippen LogP contribution in [-0.2, 0) is 4.79 Å². The lowest BCUT2D eigenvalue weighted by molar-refractivity contribution is -0.122. The topological polar surface area (TPSA) is 34.1 Å². The maximum atomic E-state index is 13.6. The average molecular weight is 258 g/mol. The van der Waals surface area contributed by atoms with E-state index in [4.69, 9.17) is 0 Å². The van der Waals surface area contributed by atoms with Gasteiger partial charge in [-0.3, -0.25) is 9.59 Å². The van der Waals surface area contributed by atoms with Gasteiger partial charge in [-0.05, 0) is 18.1 Å². The first-order valence-corrected chi connectivity index (χ1v) is 5.49. The summed E-state index contributed by atoms with van der Waals surface area (Å²) in [5, 5.41) is 0. The van der Waals surface area contributed by atoms with Crippen LogP contribution in [0.25, 0.3) is 0 Å². The van der Waals surface area contributed by atoms with E-state index in [2.05, 4.69) is 0 Å². The van der Waals surface area contributed by atoms with Crippen LogP contribution in [0.2, 0.25) is 0 Å². The van der Waals surface area contributed by atoms with Crippen LogP contribution in [0.3, 0.4) is 0 Å². The number of ketones is 2. The molecule has 1 rings (SSSR count). The Labute approximate surface area is 103 Å². The standard InChI is InChI=1S/C13H13F3O2/c1-7(2)6-10(17)12(16)13(18)8-4-3-5-9(14)11(8)15/h3-5,7,12H,6H2,1-2H3. The molecule has 0 radical (unpaired) electrons. The highest BCUT2D eigenvalue weighted by Crippen LogP contribution is 2.16. The zero-order valence-corrected chi connectivity index (χ0v) is 10.0. The van der Waals surface area contributed by atoms with Gasteiger partial charge in [0, 0.05) is 6.42 Å². The Morgan fingerprint density at radius 1 is 1.22 bits per heavy atom. The molecule has 1 atom stereocenters. The Kier molecular flexibility index (Phi) is 4.64. The van der Waals surface area contributed by atoms with Crippen molar-refractivity contribution < 1.29 is 22.8 Å². The molecule has 0 N–H and O–H groups in total. The van der Waals surface area contributed by atoms with Crippen molar-refractivity contribution in [2.24, 2.45) is 5.92 Å². The van der Waals surface area contributed by atoms with Crippen molar-refractivity contribution in [2.75, 3.05) is 0 Å². The maximum Gasteiger partial charge on any atom is 0.220 e. The molecule has 0 bridgehead atoms. The first kappa shape index (κ1) is 14.4. The number of alkyl halides is 1. The van der Waals surface area contributed by atoms with E-state index >= 15 is 0 Å². The third kappa shape index (κ3) is 3.18. The van der Waals surface area contributed by atoms with Crippen LogP contribution in [0, 0.1) is 17.6 Å². The van der Waals surface area contributed by atoms with Crippen LogP contribution in [-0.4, -0.2) is 17.7 Å². The first-order chi connectivity index (χ1) is 8.34. The lowest BCUT2D eigenvalue weighted by atomic mass is 9.98. The second-order valence-electron chi connectivity index (χ2n) is 4.39. The molecule has 1 aromatic rings. The molecule has 18 heavy (non-hydrogen) atoms. The van der Waals surface area contributed by atoms with Gasteiger partial charge in [-0.25, -0.2) is 13.2 Å². The summed E-state index contributed by atoms with van der Waals surface area (Å²) in [5.74, 6) is -5.04. The molecule has 1 aromatic carbocycles. The zero-order chi connectivity index (χ0) is 13.9. The Bertz CT molecular complexity index is 469. The van der Waals surface area contributed by atoms with Gasteiger partial charge in [0.15, 0.2) is 17.4 Å². The van der Waals surface area contributed by atoms with Crippen molar-refractivity contribution in [1.29, 1.82) is 0 Å². The van der Waals surface area contributed by atoms with Crippen molar-refractivity contribution >= 4 is 11.6 Å². The van der Waals surface area contributed by atoms with Gasteiger partial charge in [-0.2, -0.15) is 0 Å². The SMILES string of the molecule is CC(C)CC(=O)C(F)C(=O)c1cccc(F)c1F. The quantitative estimate of drug-likeness (QED) is 0.600. The normalized spacial score (nSPS) is 12.6. The van der Waals surface area contributed by atoms with Gasteiger partial charge in [0.2, 0.25) is 12.0 Å². The number of Topliss-reactive ketones (excluding diaryl/α,β-unsaturated/α-hetero) is 2. The molecule has 0 aromatic heterocycles. The van der Waals surface area contributed by atoms with Gasteiger partial charge in [0.25, 0.3) is 0 Å². The summed E-state index contributed by atoms with van der Waals surface area (Å²) in [6, 6.07) is 2.86. The van der Waals surface area contributed by atoms with Crippen LogP contribution < -0.4 is 0 Å². The van der Waals surface area contributed by atoms with Gasteiger partial charge in [0.05, 0.1) is 5.56 Å². The van der Waals surface area contributed by atoms with E-state index in [1.165, 1.54) is 0 Å². The Hall–Kier alpha value is -1.65. The molecular formula is C13H13F3O2. The summed E-state index contributed by atoms with van der Waals surface area (Å²) in [6.45, 7) is 3.38. The summed E-state index contributed by atoms with van der Waals surface area (Å²) in [6.07, 6.45) is -2.56. The molecule has 5 heteroatoms. The van der Waals surface area contributed by atoms with Crippen molar-refractivity contribution in [2.45, 2.75) is 26.4 Å². The monoisotopic (exact) mass is 258 g/mol. The molecule has 0 saturated carbocycles. The second-order valence-corrected chi connectivity index (χ2v) is 4.39. The molecule has 1 unspecified atom stereocenters. The molecule has 0 fully saturated rings.